The Morgan fingerprint density at radius 2 is 1.81 bits per heavy atom. The van der Waals surface area contributed by atoms with Crippen LogP contribution in [-0.2, 0) is 4.74 Å². The minimum Gasteiger partial charge on any atom is -0.453 e. The Bertz CT molecular complexity index is 534. The number of carbonyl (C=O) groups is 2. The number of rotatable bonds is 3. The van der Waals surface area contributed by atoms with Gasteiger partial charge in [-0.25, -0.2) is 4.79 Å². The van der Waals surface area contributed by atoms with E-state index < -0.39 is 0 Å². The first-order valence-electron chi connectivity index (χ1n) is 7.17. The highest BCUT2D eigenvalue weighted by Gasteiger charge is 2.23. The molecule has 1 aliphatic rings. The summed E-state index contributed by atoms with van der Waals surface area (Å²) in [6.45, 7) is 7.00. The number of ketones is 1. The Kier molecular flexibility index (Phi) is 4.96. The van der Waals surface area contributed by atoms with E-state index in [1.165, 1.54) is 7.11 Å². The molecule has 0 aliphatic carbocycles. The fraction of sp³-hybridized carbons (Fsp3) is 0.500. The molecule has 0 atom stereocenters. The number of methoxy groups -OCH3 is 1. The van der Waals surface area contributed by atoms with Crippen LogP contribution in [0.25, 0.3) is 0 Å². The van der Waals surface area contributed by atoms with Crippen molar-refractivity contribution in [3.05, 3.63) is 34.9 Å². The molecule has 1 amide bonds. The summed E-state index contributed by atoms with van der Waals surface area (Å²) in [7, 11) is 1.39. The number of piperazine rings is 1. The maximum Gasteiger partial charge on any atom is 0.409 e. The zero-order chi connectivity index (χ0) is 15.4. The average molecular weight is 290 g/mol. The minimum atomic E-state index is -0.296. The first kappa shape index (κ1) is 15.5. The highest BCUT2D eigenvalue weighted by Crippen LogP contribution is 2.13. The van der Waals surface area contributed by atoms with Gasteiger partial charge in [-0.05, 0) is 19.4 Å². The van der Waals surface area contributed by atoms with E-state index in [9.17, 15) is 9.59 Å². The lowest BCUT2D eigenvalue weighted by molar-refractivity contribution is 0.0790. The maximum absolute atomic E-state index is 12.4. The van der Waals surface area contributed by atoms with Crippen LogP contribution >= 0.6 is 0 Å². The quantitative estimate of drug-likeness (QED) is 0.797. The number of carbonyl (C=O) groups excluding carboxylic acids is 2. The summed E-state index contributed by atoms with van der Waals surface area (Å²) < 4.78 is 4.70. The van der Waals surface area contributed by atoms with E-state index >= 15 is 0 Å². The first-order valence-corrected chi connectivity index (χ1v) is 7.17. The summed E-state index contributed by atoms with van der Waals surface area (Å²) in [5, 5.41) is 0. The largest absolute Gasteiger partial charge is 0.453 e. The summed E-state index contributed by atoms with van der Waals surface area (Å²) in [4.78, 5) is 27.5. The predicted octanol–water partition coefficient (Wildman–Crippen LogP) is 1.87. The van der Waals surface area contributed by atoms with E-state index in [-0.39, 0.29) is 11.9 Å². The lowest BCUT2D eigenvalue weighted by atomic mass is 10.0. The third-order valence-electron chi connectivity index (χ3n) is 3.85. The van der Waals surface area contributed by atoms with Gasteiger partial charge in [-0.3, -0.25) is 9.69 Å². The molecule has 0 radical (unpaired) electrons. The highest BCUT2D eigenvalue weighted by atomic mass is 16.5. The molecule has 0 spiro atoms. The van der Waals surface area contributed by atoms with Gasteiger partial charge in [0, 0.05) is 31.7 Å². The van der Waals surface area contributed by atoms with Crippen molar-refractivity contribution in [1.82, 2.24) is 9.80 Å². The van der Waals surface area contributed by atoms with Crippen LogP contribution in [-0.4, -0.2) is 61.5 Å². The number of hydrogen-bond donors (Lipinski definition) is 0. The van der Waals surface area contributed by atoms with Crippen LogP contribution in [0.15, 0.2) is 18.2 Å². The van der Waals surface area contributed by atoms with Crippen molar-refractivity contribution in [2.45, 2.75) is 13.8 Å². The summed E-state index contributed by atoms with van der Waals surface area (Å²) in [6, 6.07) is 5.90. The normalized spacial score (nSPS) is 15.9. The second-order valence-electron chi connectivity index (χ2n) is 5.47. The van der Waals surface area contributed by atoms with Gasteiger partial charge in [0.15, 0.2) is 5.78 Å². The van der Waals surface area contributed by atoms with Crippen LogP contribution in [0.1, 0.15) is 21.5 Å². The van der Waals surface area contributed by atoms with Crippen LogP contribution in [0.3, 0.4) is 0 Å². The SMILES string of the molecule is COC(=O)N1CCN(CC(=O)c2ccc(C)cc2C)CC1. The third-order valence-corrected chi connectivity index (χ3v) is 3.85. The molecule has 2 rings (SSSR count). The van der Waals surface area contributed by atoms with E-state index in [1.807, 2.05) is 32.0 Å². The Labute approximate surface area is 125 Å². The number of hydrogen-bond acceptors (Lipinski definition) is 4. The minimum absolute atomic E-state index is 0.138. The molecule has 0 bridgehead atoms. The van der Waals surface area contributed by atoms with Gasteiger partial charge >= 0.3 is 6.09 Å². The van der Waals surface area contributed by atoms with Gasteiger partial charge in [0.05, 0.1) is 13.7 Å². The molecular weight excluding hydrogens is 268 g/mol. The van der Waals surface area contributed by atoms with Gasteiger partial charge in [-0.1, -0.05) is 23.8 Å². The molecule has 0 saturated carbocycles. The standard InChI is InChI=1S/C16H22N2O3/c1-12-4-5-14(13(2)10-12)15(19)11-17-6-8-18(9-7-17)16(20)21-3/h4-5,10H,6-9,11H2,1-3H3. The van der Waals surface area contributed by atoms with E-state index in [0.717, 1.165) is 16.7 Å². The molecule has 5 heteroatoms. The second kappa shape index (κ2) is 6.72. The number of Topliss-reactive ketones (excluding diaryl/α,β-unsaturated/α-hetero) is 1. The summed E-state index contributed by atoms with van der Waals surface area (Å²) in [6.07, 6.45) is -0.296. The van der Waals surface area contributed by atoms with Crippen molar-refractivity contribution in [3.63, 3.8) is 0 Å². The summed E-state index contributed by atoms with van der Waals surface area (Å²) in [5.41, 5.74) is 2.97. The van der Waals surface area contributed by atoms with E-state index in [2.05, 4.69) is 4.90 Å². The van der Waals surface area contributed by atoms with Crippen molar-refractivity contribution < 1.29 is 14.3 Å². The van der Waals surface area contributed by atoms with Gasteiger partial charge < -0.3 is 9.64 Å². The van der Waals surface area contributed by atoms with Crippen LogP contribution in [0.2, 0.25) is 0 Å². The number of benzene rings is 1. The van der Waals surface area contributed by atoms with Gasteiger partial charge in [0.1, 0.15) is 0 Å². The van der Waals surface area contributed by atoms with Crippen LogP contribution in [0.5, 0.6) is 0 Å². The fourth-order valence-electron chi connectivity index (χ4n) is 2.63. The van der Waals surface area contributed by atoms with Crippen LogP contribution in [0, 0.1) is 13.8 Å². The lowest BCUT2D eigenvalue weighted by Crippen LogP contribution is -2.49. The molecule has 1 aromatic rings. The lowest BCUT2D eigenvalue weighted by Gasteiger charge is -2.33. The molecule has 0 aromatic heterocycles. The van der Waals surface area contributed by atoms with Crippen molar-refractivity contribution >= 4 is 11.9 Å². The number of ether oxygens (including phenoxy) is 1. The molecule has 1 aliphatic heterocycles. The molecule has 0 unspecified atom stereocenters. The smallest absolute Gasteiger partial charge is 0.409 e. The molecule has 114 valence electrons. The molecule has 5 nitrogen and oxygen atoms in total. The van der Waals surface area contributed by atoms with Crippen molar-refractivity contribution in [2.24, 2.45) is 0 Å². The van der Waals surface area contributed by atoms with Crippen molar-refractivity contribution in [2.75, 3.05) is 39.8 Å². The van der Waals surface area contributed by atoms with E-state index in [1.54, 1.807) is 4.90 Å². The third kappa shape index (κ3) is 3.82. The molecule has 1 heterocycles. The molecule has 1 saturated heterocycles. The fourth-order valence-corrected chi connectivity index (χ4v) is 2.63. The van der Waals surface area contributed by atoms with E-state index in [4.69, 9.17) is 4.74 Å². The van der Waals surface area contributed by atoms with Gasteiger partial charge in [0.2, 0.25) is 0 Å². The average Bonchev–Trinajstić information content (AvgIpc) is 2.47. The van der Waals surface area contributed by atoms with Gasteiger partial charge in [-0.15, -0.1) is 0 Å². The second-order valence-corrected chi connectivity index (χ2v) is 5.47. The van der Waals surface area contributed by atoms with Crippen molar-refractivity contribution in [3.8, 4) is 0 Å². The molecular formula is C16H22N2O3. The van der Waals surface area contributed by atoms with Gasteiger partial charge in [0.25, 0.3) is 0 Å². The topological polar surface area (TPSA) is 49.9 Å². The Morgan fingerprint density at radius 3 is 2.38 bits per heavy atom. The Hall–Kier alpha value is -1.88. The molecule has 1 aromatic carbocycles. The summed E-state index contributed by atoms with van der Waals surface area (Å²) in [5.74, 6) is 0.138. The van der Waals surface area contributed by atoms with Crippen LogP contribution < -0.4 is 0 Å². The van der Waals surface area contributed by atoms with Crippen LogP contribution in [0.4, 0.5) is 4.79 Å². The predicted molar refractivity (Wildman–Crippen MR) is 80.7 cm³/mol. The Morgan fingerprint density at radius 1 is 1.14 bits per heavy atom. The van der Waals surface area contributed by atoms with Gasteiger partial charge in [-0.2, -0.15) is 0 Å². The molecule has 21 heavy (non-hydrogen) atoms. The number of aryl methyl sites for hydroxylation is 2. The molecule has 1 fully saturated rings. The first-order chi connectivity index (χ1) is 10.0. The number of amides is 1. The zero-order valence-electron chi connectivity index (χ0n) is 12.9. The summed E-state index contributed by atoms with van der Waals surface area (Å²) >= 11 is 0. The maximum atomic E-state index is 12.4. The van der Waals surface area contributed by atoms with E-state index in [0.29, 0.717) is 32.7 Å². The monoisotopic (exact) mass is 290 g/mol. The molecule has 0 N–H and O–H groups in total. The zero-order valence-corrected chi connectivity index (χ0v) is 12.9. The van der Waals surface area contributed by atoms with Crippen molar-refractivity contribution in [1.29, 1.82) is 0 Å². The Balaban J connectivity index is 1.91. The number of nitrogens with zero attached hydrogens (tertiary/aromatic N) is 2. The highest BCUT2D eigenvalue weighted by molar-refractivity contribution is 5.99.